The van der Waals surface area contributed by atoms with Crippen LogP contribution in [-0.4, -0.2) is 0 Å². The van der Waals surface area contributed by atoms with Crippen molar-refractivity contribution in [2.24, 2.45) is 0 Å². The molecular formula is C17H17Br. The van der Waals surface area contributed by atoms with E-state index in [0.717, 1.165) is 0 Å². The molecule has 92 valence electrons. The largest absolute Gasteiger partial charge is 0.0622 e. The predicted molar refractivity (Wildman–Crippen MR) is 79.8 cm³/mol. The quantitative estimate of drug-likeness (QED) is 0.738. The van der Waals surface area contributed by atoms with E-state index in [-0.39, 0.29) is 0 Å². The van der Waals surface area contributed by atoms with Gasteiger partial charge in [0.05, 0.1) is 0 Å². The van der Waals surface area contributed by atoms with Crippen LogP contribution in [0.15, 0.2) is 59.1 Å². The molecule has 1 aliphatic rings. The zero-order chi connectivity index (χ0) is 12.4. The second-order valence-electron chi connectivity index (χ2n) is 5.30. The number of halogens is 1. The topological polar surface area (TPSA) is 0 Å². The lowest BCUT2D eigenvalue weighted by molar-refractivity contribution is 0.242. The third-order valence-corrected chi connectivity index (χ3v) is 4.68. The van der Waals surface area contributed by atoms with Crippen molar-refractivity contribution in [1.29, 1.82) is 0 Å². The molecule has 18 heavy (non-hydrogen) atoms. The highest BCUT2D eigenvalue weighted by molar-refractivity contribution is 9.10. The van der Waals surface area contributed by atoms with Gasteiger partial charge < -0.3 is 0 Å². The van der Waals surface area contributed by atoms with Gasteiger partial charge in [-0.2, -0.15) is 0 Å². The minimum absolute atomic E-state index is 0.391. The minimum atomic E-state index is 0.391. The molecule has 0 aliphatic heterocycles. The monoisotopic (exact) mass is 300 g/mol. The maximum absolute atomic E-state index is 3.52. The van der Waals surface area contributed by atoms with Gasteiger partial charge in [-0.25, -0.2) is 0 Å². The van der Waals surface area contributed by atoms with Gasteiger partial charge in [0.15, 0.2) is 0 Å². The lowest BCUT2D eigenvalue weighted by Gasteiger charge is -2.43. The first-order chi connectivity index (χ1) is 8.78. The highest BCUT2D eigenvalue weighted by Crippen LogP contribution is 2.46. The van der Waals surface area contributed by atoms with Crippen LogP contribution in [0.25, 0.3) is 0 Å². The van der Waals surface area contributed by atoms with Crippen molar-refractivity contribution >= 4 is 15.9 Å². The summed E-state index contributed by atoms with van der Waals surface area (Å²) in [6, 6.07) is 19.8. The number of hydrogen-bond donors (Lipinski definition) is 0. The third-order valence-electron chi connectivity index (χ3n) is 4.15. The maximum Gasteiger partial charge on any atom is 0.0175 e. The Hall–Kier alpha value is -1.08. The zero-order valence-corrected chi connectivity index (χ0v) is 12.0. The van der Waals surface area contributed by atoms with Crippen molar-refractivity contribution in [3.63, 3.8) is 0 Å². The van der Waals surface area contributed by atoms with E-state index >= 15 is 0 Å². The molecule has 0 heterocycles. The van der Waals surface area contributed by atoms with Gasteiger partial charge in [-0.1, -0.05) is 64.8 Å². The Kier molecular flexibility index (Phi) is 3.25. The van der Waals surface area contributed by atoms with Crippen LogP contribution in [-0.2, 0) is 11.8 Å². The SMILES string of the molecule is Brc1ccc(C2(Cc3ccccc3)CCC2)cc1. The van der Waals surface area contributed by atoms with Crippen LogP contribution in [0.2, 0.25) is 0 Å². The first-order valence-corrected chi connectivity index (χ1v) is 7.38. The standard InChI is InChI=1S/C17H17Br/c18-16-9-7-15(8-10-16)17(11-4-12-17)13-14-5-2-1-3-6-14/h1-3,5-10H,4,11-13H2. The predicted octanol–water partition coefficient (Wildman–Crippen LogP) is 5.11. The summed E-state index contributed by atoms with van der Waals surface area (Å²) in [5.74, 6) is 0. The highest BCUT2D eigenvalue weighted by atomic mass is 79.9. The fourth-order valence-electron chi connectivity index (χ4n) is 2.96. The summed E-state index contributed by atoms with van der Waals surface area (Å²) in [6.45, 7) is 0. The molecule has 1 heteroatoms. The molecule has 0 spiro atoms. The second-order valence-corrected chi connectivity index (χ2v) is 6.22. The molecule has 2 aromatic carbocycles. The molecule has 0 N–H and O–H groups in total. The average molecular weight is 301 g/mol. The lowest BCUT2D eigenvalue weighted by atomic mass is 9.61. The summed E-state index contributed by atoms with van der Waals surface area (Å²) < 4.78 is 1.17. The fourth-order valence-corrected chi connectivity index (χ4v) is 3.23. The molecule has 1 aliphatic carbocycles. The van der Waals surface area contributed by atoms with Gasteiger partial charge in [-0.3, -0.25) is 0 Å². The Morgan fingerprint density at radius 3 is 2.11 bits per heavy atom. The number of benzene rings is 2. The van der Waals surface area contributed by atoms with E-state index in [0.29, 0.717) is 5.41 Å². The molecule has 0 saturated heterocycles. The summed E-state index contributed by atoms with van der Waals surface area (Å²) >= 11 is 3.52. The molecule has 0 atom stereocenters. The van der Waals surface area contributed by atoms with Gasteiger partial charge in [0.2, 0.25) is 0 Å². The van der Waals surface area contributed by atoms with Gasteiger partial charge in [-0.15, -0.1) is 0 Å². The van der Waals surface area contributed by atoms with Crippen LogP contribution >= 0.6 is 15.9 Å². The van der Waals surface area contributed by atoms with E-state index in [9.17, 15) is 0 Å². The Morgan fingerprint density at radius 1 is 0.889 bits per heavy atom. The number of hydrogen-bond acceptors (Lipinski definition) is 0. The van der Waals surface area contributed by atoms with Gasteiger partial charge in [0, 0.05) is 4.47 Å². The molecule has 0 amide bonds. The van der Waals surface area contributed by atoms with Gasteiger partial charge in [-0.05, 0) is 47.9 Å². The molecule has 0 unspecified atom stereocenters. The highest BCUT2D eigenvalue weighted by Gasteiger charge is 2.38. The van der Waals surface area contributed by atoms with Crippen LogP contribution in [0.1, 0.15) is 30.4 Å². The molecule has 3 rings (SSSR count). The van der Waals surface area contributed by atoms with E-state index in [1.165, 1.54) is 41.3 Å². The first-order valence-electron chi connectivity index (χ1n) is 6.59. The van der Waals surface area contributed by atoms with Gasteiger partial charge in [0.1, 0.15) is 0 Å². The molecular weight excluding hydrogens is 284 g/mol. The molecule has 0 aromatic heterocycles. The van der Waals surface area contributed by atoms with E-state index in [4.69, 9.17) is 0 Å². The smallest absolute Gasteiger partial charge is 0.0175 e. The summed E-state index contributed by atoms with van der Waals surface area (Å²) in [5.41, 5.74) is 3.35. The van der Waals surface area contributed by atoms with Crippen LogP contribution in [0.4, 0.5) is 0 Å². The average Bonchev–Trinajstić information content (AvgIpc) is 2.36. The van der Waals surface area contributed by atoms with Crippen LogP contribution in [0.3, 0.4) is 0 Å². The Balaban J connectivity index is 1.88. The Morgan fingerprint density at radius 2 is 1.56 bits per heavy atom. The maximum atomic E-state index is 3.52. The molecule has 2 aromatic rings. The molecule has 0 nitrogen and oxygen atoms in total. The minimum Gasteiger partial charge on any atom is -0.0622 e. The summed E-state index contributed by atoms with van der Waals surface area (Å²) in [5, 5.41) is 0. The molecule has 1 saturated carbocycles. The Labute approximate surface area is 117 Å². The first kappa shape index (κ1) is 12.0. The third kappa shape index (κ3) is 2.24. The summed E-state index contributed by atoms with van der Waals surface area (Å²) in [7, 11) is 0. The molecule has 0 radical (unpaired) electrons. The molecule has 1 fully saturated rings. The van der Waals surface area contributed by atoms with E-state index in [1.807, 2.05) is 0 Å². The lowest BCUT2D eigenvalue weighted by Crippen LogP contribution is -2.36. The van der Waals surface area contributed by atoms with Crippen LogP contribution < -0.4 is 0 Å². The van der Waals surface area contributed by atoms with Crippen molar-refractivity contribution < 1.29 is 0 Å². The van der Waals surface area contributed by atoms with Crippen LogP contribution in [0.5, 0.6) is 0 Å². The van der Waals surface area contributed by atoms with Gasteiger partial charge in [0.25, 0.3) is 0 Å². The van der Waals surface area contributed by atoms with Crippen molar-refractivity contribution in [2.45, 2.75) is 31.1 Å². The van der Waals surface area contributed by atoms with Crippen molar-refractivity contribution in [1.82, 2.24) is 0 Å². The van der Waals surface area contributed by atoms with E-state index < -0.39 is 0 Å². The van der Waals surface area contributed by atoms with Crippen molar-refractivity contribution in [3.8, 4) is 0 Å². The van der Waals surface area contributed by atoms with Crippen LogP contribution in [0, 0.1) is 0 Å². The normalized spacial score (nSPS) is 17.2. The molecule has 0 bridgehead atoms. The Bertz CT molecular complexity index is 509. The second kappa shape index (κ2) is 4.89. The summed E-state index contributed by atoms with van der Waals surface area (Å²) in [4.78, 5) is 0. The fraction of sp³-hybridized carbons (Fsp3) is 0.294. The zero-order valence-electron chi connectivity index (χ0n) is 10.4. The van der Waals surface area contributed by atoms with Gasteiger partial charge >= 0.3 is 0 Å². The van der Waals surface area contributed by atoms with E-state index in [2.05, 4.69) is 70.5 Å². The van der Waals surface area contributed by atoms with Crippen molar-refractivity contribution in [2.75, 3.05) is 0 Å². The number of rotatable bonds is 3. The van der Waals surface area contributed by atoms with Crippen molar-refractivity contribution in [3.05, 3.63) is 70.2 Å². The summed E-state index contributed by atoms with van der Waals surface area (Å²) in [6.07, 6.45) is 5.19. The van der Waals surface area contributed by atoms with E-state index in [1.54, 1.807) is 0 Å².